The fraction of sp³-hybridized carbons (Fsp3) is 0.235. The molecular weight excluding hydrogens is 344 g/mol. The van der Waals surface area contributed by atoms with Crippen molar-refractivity contribution in [2.75, 3.05) is 5.75 Å². The summed E-state index contributed by atoms with van der Waals surface area (Å²) in [4.78, 5) is 27.3. The van der Waals surface area contributed by atoms with Gasteiger partial charge in [-0.15, -0.1) is 0 Å². The van der Waals surface area contributed by atoms with E-state index in [1.165, 1.54) is 11.8 Å². The van der Waals surface area contributed by atoms with Gasteiger partial charge in [0.25, 0.3) is 0 Å². The summed E-state index contributed by atoms with van der Waals surface area (Å²) in [5, 5.41) is 1.19. The first-order valence-corrected chi connectivity index (χ1v) is 8.75. The predicted octanol–water partition coefficient (Wildman–Crippen LogP) is 4.56. The number of hydrogen-bond donors (Lipinski definition) is 2. The molecule has 5 nitrogen and oxygen atoms in total. The number of nitrogens with one attached hydrogen (secondary N) is 2. The maximum Gasteiger partial charge on any atom is 0.189 e. The van der Waals surface area contributed by atoms with E-state index < -0.39 is 0 Å². The zero-order chi connectivity index (χ0) is 17.4. The van der Waals surface area contributed by atoms with Gasteiger partial charge in [0.2, 0.25) is 0 Å². The molecule has 0 bridgehead atoms. The van der Waals surface area contributed by atoms with Gasteiger partial charge in [0, 0.05) is 17.5 Å². The maximum absolute atomic E-state index is 12.5. The zero-order valence-corrected chi connectivity index (χ0v) is 15.2. The van der Waals surface area contributed by atoms with E-state index >= 15 is 0 Å². The Bertz CT molecular complexity index is 957. The van der Waals surface area contributed by atoms with Crippen LogP contribution in [0.2, 0.25) is 5.02 Å². The third-order valence-electron chi connectivity index (χ3n) is 3.77. The number of rotatable bonds is 5. The average molecular weight is 361 g/mol. The van der Waals surface area contributed by atoms with Crippen molar-refractivity contribution in [2.24, 2.45) is 0 Å². The molecule has 0 aliphatic heterocycles. The number of pyridine rings is 1. The number of hydrogen-bond acceptors (Lipinski definition) is 4. The van der Waals surface area contributed by atoms with Crippen molar-refractivity contribution in [3.05, 3.63) is 46.4 Å². The Morgan fingerprint density at radius 1 is 1.38 bits per heavy atom. The Morgan fingerprint density at radius 2 is 2.12 bits per heavy atom. The first-order chi connectivity index (χ1) is 11.4. The molecule has 124 valence electrons. The normalized spacial score (nSPS) is 11.2. The van der Waals surface area contributed by atoms with E-state index in [2.05, 4.69) is 26.5 Å². The third kappa shape index (κ3) is 3.12. The molecule has 0 aromatic carbocycles. The lowest BCUT2D eigenvalue weighted by atomic mass is 10.0. The van der Waals surface area contributed by atoms with E-state index in [-0.39, 0.29) is 11.5 Å². The van der Waals surface area contributed by atoms with E-state index in [0.717, 1.165) is 27.9 Å². The highest BCUT2D eigenvalue weighted by molar-refractivity contribution is 7.99. The van der Waals surface area contributed by atoms with Gasteiger partial charge in [0.15, 0.2) is 16.6 Å². The second-order valence-corrected chi connectivity index (χ2v) is 7.08. The number of nitrogens with zero attached hydrogens (tertiary/aromatic N) is 2. The molecule has 3 heterocycles. The Balaban J connectivity index is 1.77. The van der Waals surface area contributed by atoms with Crippen LogP contribution in [0.4, 0.5) is 0 Å². The van der Waals surface area contributed by atoms with Gasteiger partial charge < -0.3 is 9.97 Å². The molecule has 7 heteroatoms. The molecule has 3 rings (SSSR count). The van der Waals surface area contributed by atoms with Crippen LogP contribution in [0, 0.1) is 13.8 Å². The Labute approximate surface area is 148 Å². The highest BCUT2D eigenvalue weighted by Gasteiger charge is 2.18. The number of fused-ring (bicyclic) bond motifs is 1. The van der Waals surface area contributed by atoms with Gasteiger partial charge in [-0.3, -0.25) is 4.79 Å². The van der Waals surface area contributed by atoms with Gasteiger partial charge in [-0.1, -0.05) is 29.9 Å². The van der Waals surface area contributed by atoms with Crippen LogP contribution in [-0.4, -0.2) is 31.5 Å². The summed E-state index contributed by atoms with van der Waals surface area (Å²) in [6.45, 7) is 9.82. The Morgan fingerprint density at radius 3 is 2.79 bits per heavy atom. The second kappa shape index (κ2) is 6.45. The molecule has 3 aromatic rings. The quantitative estimate of drug-likeness (QED) is 0.516. The number of thioether (sulfide) groups is 1. The standard InChI is InChI=1S/C17H17ClN4OS/c1-8(2)14-9(3)15(20-10(14)4)13(23)7-24-17-21-12-5-11(18)6-19-16(12)22-17/h5-6,20H,1,7H2,2-4H3,(H,19,21,22). The molecule has 0 unspecified atom stereocenters. The van der Waals surface area contributed by atoms with E-state index in [1.807, 2.05) is 20.8 Å². The lowest BCUT2D eigenvalue weighted by molar-refractivity contribution is 0.101. The number of carbonyl (C=O) groups excluding carboxylic acids is 1. The first kappa shape index (κ1) is 16.8. The Kier molecular flexibility index (Phi) is 4.51. The molecular formula is C17H17ClN4OS. The van der Waals surface area contributed by atoms with Crippen LogP contribution in [0.1, 0.15) is 34.2 Å². The smallest absolute Gasteiger partial charge is 0.189 e. The van der Waals surface area contributed by atoms with Crippen molar-refractivity contribution in [1.29, 1.82) is 0 Å². The lowest BCUT2D eigenvalue weighted by Gasteiger charge is -2.01. The van der Waals surface area contributed by atoms with E-state index in [0.29, 0.717) is 21.5 Å². The molecule has 0 spiro atoms. The van der Waals surface area contributed by atoms with Crippen molar-refractivity contribution in [3.63, 3.8) is 0 Å². The number of aromatic amines is 2. The summed E-state index contributed by atoms with van der Waals surface area (Å²) >= 11 is 7.26. The van der Waals surface area contributed by atoms with Crippen molar-refractivity contribution in [1.82, 2.24) is 19.9 Å². The van der Waals surface area contributed by atoms with E-state index in [9.17, 15) is 4.79 Å². The van der Waals surface area contributed by atoms with Gasteiger partial charge in [-0.25, -0.2) is 9.97 Å². The topological polar surface area (TPSA) is 74.4 Å². The lowest BCUT2D eigenvalue weighted by Crippen LogP contribution is -2.05. The minimum atomic E-state index is 0.0274. The number of aryl methyl sites for hydroxylation is 1. The monoisotopic (exact) mass is 360 g/mol. The molecule has 0 aliphatic carbocycles. The van der Waals surface area contributed by atoms with Crippen LogP contribution in [0.15, 0.2) is 24.0 Å². The molecule has 0 radical (unpaired) electrons. The fourth-order valence-electron chi connectivity index (χ4n) is 2.80. The van der Waals surface area contributed by atoms with Crippen LogP contribution in [0.5, 0.6) is 0 Å². The summed E-state index contributed by atoms with van der Waals surface area (Å²) in [6.07, 6.45) is 1.55. The molecule has 0 saturated heterocycles. The number of Topliss-reactive ketones (excluding diaryl/α,β-unsaturated/α-hetero) is 1. The summed E-state index contributed by atoms with van der Waals surface area (Å²) in [5.41, 5.74) is 5.88. The van der Waals surface area contributed by atoms with E-state index in [4.69, 9.17) is 11.6 Å². The molecule has 0 atom stereocenters. The van der Waals surface area contributed by atoms with Crippen molar-refractivity contribution in [3.8, 4) is 0 Å². The first-order valence-electron chi connectivity index (χ1n) is 7.39. The number of H-pyrrole nitrogens is 2. The molecule has 0 saturated carbocycles. The predicted molar refractivity (Wildman–Crippen MR) is 98.9 cm³/mol. The Hall–Kier alpha value is -2.05. The number of imidazole rings is 1. The number of allylic oxidation sites excluding steroid dienone is 1. The molecule has 24 heavy (non-hydrogen) atoms. The summed E-state index contributed by atoms with van der Waals surface area (Å²) in [7, 11) is 0. The molecule has 3 aromatic heterocycles. The zero-order valence-electron chi connectivity index (χ0n) is 13.7. The van der Waals surface area contributed by atoms with Gasteiger partial charge in [0.1, 0.15) is 0 Å². The molecule has 0 fully saturated rings. The van der Waals surface area contributed by atoms with Crippen molar-refractivity contribution in [2.45, 2.75) is 25.9 Å². The highest BCUT2D eigenvalue weighted by atomic mass is 35.5. The molecule has 0 amide bonds. The van der Waals surface area contributed by atoms with Gasteiger partial charge in [-0.05, 0) is 38.0 Å². The number of halogens is 1. The molecule has 0 aliphatic rings. The van der Waals surface area contributed by atoms with Crippen molar-refractivity contribution < 1.29 is 4.79 Å². The molecule has 2 N–H and O–H groups in total. The number of ketones is 1. The van der Waals surface area contributed by atoms with Crippen molar-refractivity contribution >= 4 is 45.9 Å². The fourth-order valence-corrected chi connectivity index (χ4v) is 3.70. The van der Waals surface area contributed by atoms with Crippen LogP contribution >= 0.6 is 23.4 Å². The van der Waals surface area contributed by atoms with Crippen LogP contribution < -0.4 is 0 Å². The van der Waals surface area contributed by atoms with Crippen LogP contribution in [0.25, 0.3) is 16.7 Å². The SMILES string of the molecule is C=C(C)c1c(C)[nH]c(C(=O)CSc2nc3ncc(Cl)cc3[nH]2)c1C. The highest BCUT2D eigenvalue weighted by Crippen LogP contribution is 2.26. The number of aromatic nitrogens is 4. The minimum absolute atomic E-state index is 0.0274. The van der Waals surface area contributed by atoms with Crippen LogP contribution in [0.3, 0.4) is 0 Å². The van der Waals surface area contributed by atoms with Gasteiger partial charge >= 0.3 is 0 Å². The minimum Gasteiger partial charge on any atom is -0.355 e. The van der Waals surface area contributed by atoms with Crippen LogP contribution in [-0.2, 0) is 0 Å². The van der Waals surface area contributed by atoms with E-state index in [1.54, 1.807) is 12.3 Å². The van der Waals surface area contributed by atoms with Gasteiger partial charge in [0.05, 0.1) is 22.0 Å². The summed E-state index contributed by atoms with van der Waals surface area (Å²) < 4.78 is 0. The second-order valence-electron chi connectivity index (χ2n) is 5.68. The third-order valence-corrected chi connectivity index (χ3v) is 4.85. The van der Waals surface area contributed by atoms with Gasteiger partial charge in [-0.2, -0.15) is 0 Å². The average Bonchev–Trinajstić information content (AvgIpc) is 3.04. The number of carbonyl (C=O) groups is 1. The largest absolute Gasteiger partial charge is 0.355 e. The maximum atomic E-state index is 12.5. The summed E-state index contributed by atoms with van der Waals surface area (Å²) in [5.74, 6) is 0.309. The summed E-state index contributed by atoms with van der Waals surface area (Å²) in [6, 6.07) is 1.76.